The van der Waals surface area contributed by atoms with E-state index < -0.39 is 0 Å². The number of nitrogens with zero attached hydrogens (tertiary/aromatic N) is 1. The number of aromatic nitrogens is 1. The van der Waals surface area contributed by atoms with Crippen molar-refractivity contribution in [3.05, 3.63) is 69.8 Å². The smallest absolute Gasteiger partial charge is 0.271 e. The van der Waals surface area contributed by atoms with E-state index in [4.69, 9.17) is 0 Å². The molecule has 1 heterocycles. The molecule has 2 aromatic carbocycles. The van der Waals surface area contributed by atoms with Crippen molar-refractivity contribution in [2.24, 2.45) is 5.10 Å². The Morgan fingerprint density at radius 1 is 1.16 bits per heavy atom. The number of amides is 1. The number of rotatable bonds is 3. The Morgan fingerprint density at radius 3 is 2.56 bits per heavy atom. The number of hydrogen-bond acceptors (Lipinski definition) is 2. The molecule has 3 rings (SSSR count). The minimum Gasteiger partial charge on any atom is -0.361 e. The fourth-order valence-corrected chi connectivity index (χ4v) is 2.93. The topological polar surface area (TPSA) is 57.2 Å². The maximum absolute atomic E-state index is 12.2. The minimum atomic E-state index is -0.224. The molecule has 0 saturated carbocycles. The molecule has 1 amide bonds. The Kier molecular flexibility index (Phi) is 4.77. The fourth-order valence-electron chi connectivity index (χ4n) is 2.57. The Balaban J connectivity index is 1.71. The average molecular weight is 398 g/mol. The van der Waals surface area contributed by atoms with E-state index in [1.807, 2.05) is 48.7 Å². The Labute approximate surface area is 155 Å². The first-order valence-electron chi connectivity index (χ1n) is 8.05. The monoisotopic (exact) mass is 397 g/mol. The van der Waals surface area contributed by atoms with E-state index in [9.17, 15) is 4.79 Å². The maximum Gasteiger partial charge on any atom is 0.271 e. The molecule has 0 aliphatic heterocycles. The molecular weight excluding hydrogens is 378 g/mol. The summed E-state index contributed by atoms with van der Waals surface area (Å²) in [5.41, 5.74) is 6.37. The van der Waals surface area contributed by atoms with Crippen LogP contribution in [0.15, 0.2) is 58.2 Å². The number of halogens is 1. The zero-order valence-corrected chi connectivity index (χ0v) is 16.0. The van der Waals surface area contributed by atoms with E-state index in [0.29, 0.717) is 5.56 Å². The van der Waals surface area contributed by atoms with E-state index in [1.165, 1.54) is 5.56 Å². The van der Waals surface area contributed by atoms with Gasteiger partial charge in [-0.25, -0.2) is 5.43 Å². The first-order valence-corrected chi connectivity index (χ1v) is 8.84. The van der Waals surface area contributed by atoms with Crippen LogP contribution >= 0.6 is 15.9 Å². The van der Waals surface area contributed by atoms with Crippen LogP contribution in [0.2, 0.25) is 0 Å². The molecule has 0 aliphatic carbocycles. The van der Waals surface area contributed by atoms with Gasteiger partial charge in [0.25, 0.3) is 5.91 Å². The van der Waals surface area contributed by atoms with Crippen LogP contribution in [-0.2, 0) is 5.41 Å². The first kappa shape index (κ1) is 17.4. The summed E-state index contributed by atoms with van der Waals surface area (Å²) in [7, 11) is 0. The molecule has 2 N–H and O–H groups in total. The van der Waals surface area contributed by atoms with E-state index in [0.717, 1.165) is 20.9 Å². The van der Waals surface area contributed by atoms with Gasteiger partial charge in [-0.2, -0.15) is 5.10 Å². The summed E-state index contributed by atoms with van der Waals surface area (Å²) in [6.45, 7) is 6.43. The van der Waals surface area contributed by atoms with Crippen molar-refractivity contribution in [2.45, 2.75) is 26.2 Å². The number of carbonyl (C=O) groups excluding carboxylic acids is 1. The van der Waals surface area contributed by atoms with E-state index in [2.05, 4.69) is 52.2 Å². The van der Waals surface area contributed by atoms with Crippen LogP contribution in [-0.4, -0.2) is 17.1 Å². The van der Waals surface area contributed by atoms with Crippen molar-refractivity contribution in [1.82, 2.24) is 10.4 Å². The molecule has 25 heavy (non-hydrogen) atoms. The predicted molar refractivity (Wildman–Crippen MR) is 106 cm³/mol. The second-order valence-electron chi connectivity index (χ2n) is 6.96. The van der Waals surface area contributed by atoms with Crippen molar-refractivity contribution < 1.29 is 4.79 Å². The number of fused-ring (bicyclic) bond motifs is 1. The van der Waals surface area contributed by atoms with Crippen molar-refractivity contribution in [1.29, 1.82) is 0 Å². The lowest BCUT2D eigenvalue weighted by Gasteiger charge is -2.18. The van der Waals surface area contributed by atoms with Crippen molar-refractivity contribution >= 4 is 39.0 Å². The van der Waals surface area contributed by atoms with Crippen LogP contribution in [0.3, 0.4) is 0 Å². The van der Waals surface area contributed by atoms with Gasteiger partial charge < -0.3 is 4.98 Å². The van der Waals surface area contributed by atoms with Crippen LogP contribution < -0.4 is 5.43 Å². The first-order chi connectivity index (χ1) is 11.8. The zero-order valence-electron chi connectivity index (χ0n) is 14.4. The van der Waals surface area contributed by atoms with Crippen LogP contribution in [0.4, 0.5) is 0 Å². The van der Waals surface area contributed by atoms with Gasteiger partial charge in [-0.15, -0.1) is 0 Å². The lowest BCUT2D eigenvalue weighted by atomic mass is 9.87. The van der Waals surface area contributed by atoms with Crippen molar-refractivity contribution in [2.75, 3.05) is 0 Å². The highest BCUT2D eigenvalue weighted by Gasteiger charge is 2.14. The van der Waals surface area contributed by atoms with E-state index in [-0.39, 0.29) is 11.3 Å². The highest BCUT2D eigenvalue weighted by atomic mass is 79.9. The number of carbonyl (C=O) groups is 1. The second kappa shape index (κ2) is 6.84. The number of hydrazone groups is 1. The summed E-state index contributed by atoms with van der Waals surface area (Å²) in [5, 5.41) is 5.12. The third-order valence-electron chi connectivity index (χ3n) is 4.06. The van der Waals surface area contributed by atoms with E-state index in [1.54, 1.807) is 6.21 Å². The van der Waals surface area contributed by atoms with E-state index >= 15 is 0 Å². The van der Waals surface area contributed by atoms with Gasteiger partial charge in [-0.3, -0.25) is 4.79 Å². The third-order valence-corrected chi connectivity index (χ3v) is 4.55. The molecule has 0 unspecified atom stereocenters. The normalized spacial score (nSPS) is 12.0. The molecule has 4 nitrogen and oxygen atoms in total. The number of H-pyrrole nitrogens is 1. The quantitative estimate of drug-likeness (QED) is 0.474. The molecule has 5 heteroatoms. The number of hydrogen-bond donors (Lipinski definition) is 2. The van der Waals surface area contributed by atoms with Crippen LogP contribution in [0, 0.1) is 0 Å². The molecule has 0 aliphatic rings. The Hall–Kier alpha value is -2.40. The van der Waals surface area contributed by atoms with Crippen LogP contribution in [0.25, 0.3) is 10.9 Å². The highest BCUT2D eigenvalue weighted by molar-refractivity contribution is 9.10. The summed E-state index contributed by atoms with van der Waals surface area (Å²) >= 11 is 3.46. The number of nitrogens with one attached hydrogen (secondary N) is 2. The molecule has 0 atom stereocenters. The SMILES string of the molecule is CC(C)(C)c1ccc(C(=O)N/N=C\c2c[nH]c3ccc(Br)cc23)cc1. The largest absolute Gasteiger partial charge is 0.361 e. The summed E-state index contributed by atoms with van der Waals surface area (Å²) in [4.78, 5) is 15.4. The fraction of sp³-hybridized carbons (Fsp3) is 0.200. The van der Waals surface area contributed by atoms with Gasteiger partial charge in [0, 0.05) is 32.7 Å². The van der Waals surface area contributed by atoms with Gasteiger partial charge in [-0.05, 0) is 41.3 Å². The lowest BCUT2D eigenvalue weighted by molar-refractivity contribution is 0.0955. The second-order valence-corrected chi connectivity index (χ2v) is 7.88. The van der Waals surface area contributed by atoms with Gasteiger partial charge >= 0.3 is 0 Å². The van der Waals surface area contributed by atoms with Gasteiger partial charge in [-0.1, -0.05) is 48.8 Å². The standard InChI is InChI=1S/C20H20BrN3O/c1-20(2,3)15-6-4-13(5-7-15)19(25)24-23-12-14-11-22-18-9-8-16(21)10-17(14)18/h4-12,22H,1-3H3,(H,24,25)/b23-12-. The molecule has 0 spiro atoms. The minimum absolute atomic E-state index is 0.0662. The summed E-state index contributed by atoms with van der Waals surface area (Å²) < 4.78 is 0.997. The Bertz CT molecular complexity index is 934. The molecule has 0 fully saturated rings. The van der Waals surface area contributed by atoms with Crippen LogP contribution in [0.5, 0.6) is 0 Å². The summed E-state index contributed by atoms with van der Waals surface area (Å²) in [5.74, 6) is -0.224. The lowest BCUT2D eigenvalue weighted by Crippen LogP contribution is -2.18. The number of aromatic amines is 1. The highest BCUT2D eigenvalue weighted by Crippen LogP contribution is 2.23. The zero-order chi connectivity index (χ0) is 18.0. The van der Waals surface area contributed by atoms with Gasteiger partial charge in [0.1, 0.15) is 0 Å². The van der Waals surface area contributed by atoms with Gasteiger partial charge in [0.05, 0.1) is 6.21 Å². The molecular formula is C20H20BrN3O. The molecule has 0 radical (unpaired) electrons. The average Bonchev–Trinajstić information content (AvgIpc) is 2.96. The third kappa shape index (κ3) is 3.99. The summed E-state index contributed by atoms with van der Waals surface area (Å²) in [6, 6.07) is 13.6. The van der Waals surface area contributed by atoms with Crippen LogP contribution in [0.1, 0.15) is 42.3 Å². The molecule has 1 aromatic heterocycles. The molecule has 128 valence electrons. The summed E-state index contributed by atoms with van der Waals surface area (Å²) in [6.07, 6.45) is 3.51. The molecule has 0 saturated heterocycles. The Morgan fingerprint density at radius 2 is 1.88 bits per heavy atom. The number of benzene rings is 2. The van der Waals surface area contributed by atoms with Gasteiger partial charge in [0.2, 0.25) is 0 Å². The molecule has 0 bridgehead atoms. The maximum atomic E-state index is 12.2. The predicted octanol–water partition coefficient (Wildman–Crippen LogP) is 4.99. The molecule has 3 aromatic rings. The van der Waals surface area contributed by atoms with Crippen molar-refractivity contribution in [3.8, 4) is 0 Å². The van der Waals surface area contributed by atoms with Gasteiger partial charge in [0.15, 0.2) is 0 Å². The van der Waals surface area contributed by atoms with Crippen molar-refractivity contribution in [3.63, 3.8) is 0 Å².